The third kappa shape index (κ3) is 6.09. The van der Waals surface area contributed by atoms with Crippen molar-refractivity contribution in [1.29, 1.82) is 0 Å². The molecule has 0 aromatic rings. The molecule has 14 heavy (non-hydrogen) atoms. The van der Waals surface area contributed by atoms with Crippen molar-refractivity contribution < 1.29 is 23.1 Å². The summed E-state index contributed by atoms with van der Waals surface area (Å²) in [6.07, 6.45) is -3.76. The molecule has 1 aliphatic heterocycles. The third-order valence-corrected chi connectivity index (χ3v) is 2.18. The van der Waals surface area contributed by atoms with Gasteiger partial charge in [-0.1, -0.05) is 0 Å². The molecule has 1 fully saturated rings. The van der Waals surface area contributed by atoms with Crippen molar-refractivity contribution in [2.75, 3.05) is 18.8 Å². The number of carboxylic acid groups (broad SMARTS) is 1. The third-order valence-electron chi connectivity index (χ3n) is 1.66. The smallest absolute Gasteiger partial charge is 0.475 e. The Bertz CT molecular complexity index is 180. The van der Waals surface area contributed by atoms with Gasteiger partial charge in [-0.15, -0.1) is 0 Å². The maximum Gasteiger partial charge on any atom is 0.490 e. The second-order valence-corrected chi connectivity index (χ2v) is 3.21. The monoisotopic (exact) mass is 231 g/mol. The van der Waals surface area contributed by atoms with Crippen LogP contribution in [0, 0.1) is 5.92 Å². The SMILES string of the molecule is O=C(O)C(F)(F)F.SCC1CCNC1. The van der Waals surface area contributed by atoms with Gasteiger partial charge < -0.3 is 10.4 Å². The van der Waals surface area contributed by atoms with Gasteiger partial charge in [-0.2, -0.15) is 25.8 Å². The van der Waals surface area contributed by atoms with Gasteiger partial charge >= 0.3 is 12.1 Å². The van der Waals surface area contributed by atoms with Crippen molar-refractivity contribution in [3.63, 3.8) is 0 Å². The molecule has 0 radical (unpaired) electrons. The van der Waals surface area contributed by atoms with Crippen LogP contribution in [0.1, 0.15) is 6.42 Å². The Kier molecular flexibility index (Phi) is 5.94. The number of aliphatic carboxylic acids is 1. The zero-order valence-electron chi connectivity index (χ0n) is 7.34. The minimum Gasteiger partial charge on any atom is -0.475 e. The van der Waals surface area contributed by atoms with E-state index in [0.29, 0.717) is 0 Å². The van der Waals surface area contributed by atoms with Crippen LogP contribution in [0.3, 0.4) is 0 Å². The van der Waals surface area contributed by atoms with Gasteiger partial charge in [0.25, 0.3) is 0 Å². The first-order chi connectivity index (χ1) is 6.38. The zero-order valence-corrected chi connectivity index (χ0v) is 8.24. The summed E-state index contributed by atoms with van der Waals surface area (Å²) in [4.78, 5) is 8.90. The second-order valence-electron chi connectivity index (χ2n) is 2.84. The maximum atomic E-state index is 10.6. The van der Waals surface area contributed by atoms with E-state index in [0.717, 1.165) is 11.7 Å². The number of hydrogen-bond acceptors (Lipinski definition) is 3. The van der Waals surface area contributed by atoms with E-state index in [4.69, 9.17) is 9.90 Å². The van der Waals surface area contributed by atoms with Crippen LogP contribution in [-0.2, 0) is 4.79 Å². The van der Waals surface area contributed by atoms with Gasteiger partial charge in [-0.25, -0.2) is 4.79 Å². The molecule has 0 aromatic carbocycles. The number of hydrogen-bond donors (Lipinski definition) is 3. The lowest BCUT2D eigenvalue weighted by Gasteiger charge is -1.98. The fourth-order valence-corrected chi connectivity index (χ4v) is 1.18. The highest BCUT2D eigenvalue weighted by atomic mass is 32.1. The summed E-state index contributed by atoms with van der Waals surface area (Å²) in [7, 11) is 0. The van der Waals surface area contributed by atoms with Gasteiger partial charge in [-0.05, 0) is 31.2 Å². The number of rotatable bonds is 1. The first-order valence-corrected chi connectivity index (χ1v) is 4.63. The Hall–Kier alpha value is -0.430. The Morgan fingerprint density at radius 3 is 2.21 bits per heavy atom. The van der Waals surface area contributed by atoms with E-state index in [1.165, 1.54) is 19.5 Å². The Balaban J connectivity index is 0.000000241. The molecule has 0 amide bonds. The largest absolute Gasteiger partial charge is 0.490 e. The van der Waals surface area contributed by atoms with Crippen LogP contribution in [0.25, 0.3) is 0 Å². The quantitative estimate of drug-likeness (QED) is 0.593. The highest BCUT2D eigenvalue weighted by molar-refractivity contribution is 7.80. The van der Waals surface area contributed by atoms with E-state index < -0.39 is 12.1 Å². The van der Waals surface area contributed by atoms with Gasteiger partial charge in [0, 0.05) is 0 Å². The van der Waals surface area contributed by atoms with Crippen molar-refractivity contribution in [3.8, 4) is 0 Å². The molecule has 0 aromatic heterocycles. The summed E-state index contributed by atoms with van der Waals surface area (Å²) in [5, 5.41) is 10.4. The summed E-state index contributed by atoms with van der Waals surface area (Å²) in [5.74, 6) is -0.858. The molecule has 0 saturated carbocycles. The van der Waals surface area contributed by atoms with E-state index in [9.17, 15) is 13.2 Å². The van der Waals surface area contributed by atoms with E-state index in [-0.39, 0.29) is 0 Å². The average Bonchev–Trinajstić information content (AvgIpc) is 2.54. The number of halogens is 3. The normalized spacial score (nSPS) is 21.3. The van der Waals surface area contributed by atoms with Crippen molar-refractivity contribution in [3.05, 3.63) is 0 Å². The van der Waals surface area contributed by atoms with Crippen LogP contribution < -0.4 is 5.32 Å². The molecule has 0 spiro atoms. The Morgan fingerprint density at radius 2 is 2.07 bits per heavy atom. The minimum atomic E-state index is -5.08. The topological polar surface area (TPSA) is 49.3 Å². The number of alkyl halides is 3. The van der Waals surface area contributed by atoms with E-state index >= 15 is 0 Å². The molecule has 0 aliphatic carbocycles. The molecular formula is C7H12F3NO2S. The summed E-state index contributed by atoms with van der Waals surface area (Å²) in [6, 6.07) is 0. The second kappa shape index (κ2) is 6.13. The summed E-state index contributed by atoms with van der Waals surface area (Å²) in [6.45, 7) is 2.38. The molecule has 7 heteroatoms. The summed E-state index contributed by atoms with van der Waals surface area (Å²) < 4.78 is 31.7. The summed E-state index contributed by atoms with van der Waals surface area (Å²) >= 11 is 4.18. The maximum absolute atomic E-state index is 10.6. The highest BCUT2D eigenvalue weighted by Gasteiger charge is 2.38. The average molecular weight is 231 g/mol. The van der Waals surface area contributed by atoms with Crippen LogP contribution in [0.2, 0.25) is 0 Å². The van der Waals surface area contributed by atoms with Crippen molar-refractivity contribution in [2.45, 2.75) is 12.6 Å². The Morgan fingerprint density at radius 1 is 1.57 bits per heavy atom. The van der Waals surface area contributed by atoms with Gasteiger partial charge in [0.15, 0.2) is 0 Å². The van der Waals surface area contributed by atoms with E-state index in [2.05, 4.69) is 17.9 Å². The van der Waals surface area contributed by atoms with Gasteiger partial charge in [0.2, 0.25) is 0 Å². The first kappa shape index (κ1) is 13.6. The van der Waals surface area contributed by atoms with Gasteiger partial charge in [0.1, 0.15) is 0 Å². The molecule has 1 aliphatic rings. The van der Waals surface area contributed by atoms with E-state index in [1.807, 2.05) is 0 Å². The Labute approximate surface area is 85.1 Å². The molecule has 3 nitrogen and oxygen atoms in total. The van der Waals surface area contributed by atoms with Crippen LogP contribution in [0.15, 0.2) is 0 Å². The van der Waals surface area contributed by atoms with Gasteiger partial charge in [-0.3, -0.25) is 0 Å². The van der Waals surface area contributed by atoms with Gasteiger partial charge in [0.05, 0.1) is 0 Å². The molecule has 1 heterocycles. The lowest BCUT2D eigenvalue weighted by molar-refractivity contribution is -0.192. The predicted molar refractivity (Wildman–Crippen MR) is 48.5 cm³/mol. The predicted octanol–water partition coefficient (Wildman–Crippen LogP) is 1.16. The molecule has 1 unspecified atom stereocenters. The molecule has 84 valence electrons. The minimum absolute atomic E-state index is 0.850. The molecule has 1 rings (SSSR count). The number of nitrogens with one attached hydrogen (secondary N) is 1. The number of thiol groups is 1. The molecule has 1 atom stereocenters. The summed E-state index contributed by atoms with van der Waals surface area (Å²) in [5.41, 5.74) is 0. The molecule has 0 bridgehead atoms. The number of carboxylic acids is 1. The van der Waals surface area contributed by atoms with Crippen molar-refractivity contribution >= 4 is 18.6 Å². The van der Waals surface area contributed by atoms with Crippen molar-refractivity contribution in [1.82, 2.24) is 5.32 Å². The lowest BCUT2D eigenvalue weighted by atomic mass is 10.2. The van der Waals surface area contributed by atoms with Crippen molar-refractivity contribution in [2.24, 2.45) is 5.92 Å². The van der Waals surface area contributed by atoms with Crippen LogP contribution in [-0.4, -0.2) is 36.1 Å². The van der Waals surface area contributed by atoms with Crippen LogP contribution >= 0.6 is 12.6 Å². The van der Waals surface area contributed by atoms with Crippen LogP contribution in [0.4, 0.5) is 13.2 Å². The zero-order chi connectivity index (χ0) is 11.2. The highest BCUT2D eigenvalue weighted by Crippen LogP contribution is 2.13. The van der Waals surface area contributed by atoms with Crippen LogP contribution in [0.5, 0.6) is 0 Å². The lowest BCUT2D eigenvalue weighted by Crippen LogP contribution is -2.21. The molecule has 2 N–H and O–H groups in total. The number of carbonyl (C=O) groups is 1. The fourth-order valence-electron chi connectivity index (χ4n) is 0.870. The molecular weight excluding hydrogens is 219 g/mol. The molecule has 1 saturated heterocycles. The fraction of sp³-hybridized carbons (Fsp3) is 0.857. The first-order valence-electron chi connectivity index (χ1n) is 3.99. The standard InChI is InChI=1S/C5H11NS.C2HF3O2/c7-4-5-1-2-6-3-5;3-2(4,5)1(6)7/h5-7H,1-4H2;(H,6,7). The van der Waals surface area contributed by atoms with E-state index in [1.54, 1.807) is 0 Å².